The average Bonchev–Trinajstić information content (AvgIpc) is 3.45. The zero-order valence-corrected chi connectivity index (χ0v) is 29.8. The van der Waals surface area contributed by atoms with Crippen LogP contribution in [0.5, 0.6) is 5.75 Å². The molecule has 264 valence electrons. The molecule has 2 aliphatic carbocycles. The van der Waals surface area contributed by atoms with Gasteiger partial charge in [-0.1, -0.05) is 54.1 Å². The van der Waals surface area contributed by atoms with Crippen LogP contribution in [-0.4, -0.2) is 67.4 Å². The molecule has 3 aromatic carbocycles. The van der Waals surface area contributed by atoms with Crippen LogP contribution in [0.4, 0.5) is 10.1 Å². The molecule has 8 nitrogen and oxygen atoms in total. The highest BCUT2D eigenvalue weighted by Crippen LogP contribution is 2.66. The number of hydrogen-bond donors (Lipinski definition) is 1. The van der Waals surface area contributed by atoms with Crippen molar-refractivity contribution < 1.29 is 28.7 Å². The number of anilines is 1. The van der Waals surface area contributed by atoms with Crippen molar-refractivity contribution in [2.75, 3.05) is 18.0 Å². The van der Waals surface area contributed by atoms with E-state index in [0.29, 0.717) is 35.1 Å². The van der Waals surface area contributed by atoms with E-state index < -0.39 is 51.1 Å². The predicted molar refractivity (Wildman–Crippen MR) is 191 cm³/mol. The van der Waals surface area contributed by atoms with Gasteiger partial charge in [-0.2, -0.15) is 0 Å². The van der Waals surface area contributed by atoms with E-state index in [-0.39, 0.29) is 42.1 Å². The van der Waals surface area contributed by atoms with E-state index in [1.54, 1.807) is 26.0 Å². The standard InChI is InChI=1S/C40H38Cl2FN3O5/c1-22-18-25(19-23(2)34(22)47)33-29-12-13-30-32(36(49)45(35(30)48)28-14-16-44(17-15-28)21-24-6-4-3-5-7-24)31(29)20-39(41)37(50)46(38(51)40(33,39)42)27-10-8-26(43)9-11-27/h3-12,18-19,28,30-33,47H,13-17,20-21H2,1-2H3. The quantitative estimate of drug-likeness (QED) is 0.186. The largest absolute Gasteiger partial charge is 0.507 e. The van der Waals surface area contributed by atoms with Gasteiger partial charge in [-0.3, -0.25) is 29.0 Å². The average molecular weight is 731 g/mol. The number of hydrogen-bond acceptors (Lipinski definition) is 6. The van der Waals surface area contributed by atoms with Crippen LogP contribution >= 0.6 is 23.2 Å². The molecule has 3 aromatic rings. The van der Waals surface area contributed by atoms with Crippen LogP contribution in [-0.2, 0) is 25.7 Å². The van der Waals surface area contributed by atoms with E-state index >= 15 is 0 Å². The molecule has 4 amide bonds. The maximum absolute atomic E-state index is 14.6. The summed E-state index contributed by atoms with van der Waals surface area (Å²) >= 11 is 15.0. The van der Waals surface area contributed by atoms with E-state index in [1.165, 1.54) is 22.6 Å². The number of phenols is 1. The van der Waals surface area contributed by atoms with Crippen LogP contribution in [0.25, 0.3) is 0 Å². The minimum atomic E-state index is -2.03. The number of piperidine rings is 1. The summed E-state index contributed by atoms with van der Waals surface area (Å²) in [5, 5.41) is 10.7. The second-order valence-corrected chi connectivity index (χ2v) is 16.0. The predicted octanol–water partition coefficient (Wildman–Crippen LogP) is 6.38. The smallest absolute Gasteiger partial charge is 0.258 e. The number of phenolic OH excluding ortho intramolecular Hbond substituents is 1. The number of amides is 4. The second kappa shape index (κ2) is 12.3. The number of benzene rings is 3. The molecule has 6 atom stereocenters. The van der Waals surface area contributed by atoms with Crippen molar-refractivity contribution in [3.05, 3.63) is 106 Å². The third-order valence-corrected chi connectivity index (χ3v) is 13.4. The topological polar surface area (TPSA) is 98.2 Å². The fourth-order valence-electron chi connectivity index (χ4n) is 9.49. The van der Waals surface area contributed by atoms with Crippen molar-refractivity contribution in [1.82, 2.24) is 9.80 Å². The molecule has 6 unspecified atom stereocenters. The van der Waals surface area contributed by atoms with Crippen molar-refractivity contribution in [3.63, 3.8) is 0 Å². The Kier molecular flexibility index (Phi) is 8.20. The fourth-order valence-corrected chi connectivity index (χ4v) is 10.4. The highest BCUT2D eigenvalue weighted by molar-refractivity contribution is 6.58. The van der Waals surface area contributed by atoms with Gasteiger partial charge in [0, 0.05) is 31.6 Å². The van der Waals surface area contributed by atoms with E-state index in [4.69, 9.17) is 23.2 Å². The van der Waals surface area contributed by atoms with Crippen LogP contribution in [0.15, 0.2) is 78.4 Å². The molecule has 0 bridgehead atoms. The van der Waals surface area contributed by atoms with E-state index in [0.717, 1.165) is 36.7 Å². The Hall–Kier alpha value is -4.05. The second-order valence-electron chi connectivity index (χ2n) is 14.8. The Labute approximate surface area is 305 Å². The molecule has 1 N–H and O–H groups in total. The molecule has 51 heavy (non-hydrogen) atoms. The number of carbonyl (C=O) groups is 4. The van der Waals surface area contributed by atoms with Crippen LogP contribution in [0, 0.1) is 37.4 Å². The first-order valence-electron chi connectivity index (χ1n) is 17.5. The monoisotopic (exact) mass is 729 g/mol. The van der Waals surface area contributed by atoms with Gasteiger partial charge in [-0.25, -0.2) is 9.29 Å². The highest BCUT2D eigenvalue weighted by Gasteiger charge is 2.76. The summed E-state index contributed by atoms with van der Waals surface area (Å²) in [4.78, 5) is 58.5. The van der Waals surface area contributed by atoms with Gasteiger partial charge in [0.1, 0.15) is 11.6 Å². The number of aryl methyl sites for hydroxylation is 2. The molecular formula is C40H38Cl2FN3O5. The summed E-state index contributed by atoms with van der Waals surface area (Å²) < 4.78 is 13.9. The number of carbonyl (C=O) groups excluding carboxylic acids is 4. The number of halogens is 3. The van der Waals surface area contributed by atoms with E-state index in [2.05, 4.69) is 17.0 Å². The Morgan fingerprint density at radius 3 is 2.16 bits per heavy atom. The zero-order chi connectivity index (χ0) is 36.0. The minimum Gasteiger partial charge on any atom is -0.507 e. The molecule has 11 heteroatoms. The fraction of sp³-hybridized carbons (Fsp3) is 0.400. The van der Waals surface area contributed by atoms with Gasteiger partial charge in [0.15, 0.2) is 9.75 Å². The molecule has 8 rings (SSSR count). The van der Waals surface area contributed by atoms with E-state index in [1.807, 2.05) is 24.3 Å². The van der Waals surface area contributed by atoms with Gasteiger partial charge in [0.05, 0.1) is 17.5 Å². The summed E-state index contributed by atoms with van der Waals surface area (Å²) in [7, 11) is 0. The Bertz CT molecular complexity index is 1980. The first kappa shape index (κ1) is 34.1. The zero-order valence-electron chi connectivity index (χ0n) is 28.3. The summed E-state index contributed by atoms with van der Waals surface area (Å²) in [5.41, 5.74) is 3.69. The molecule has 3 heterocycles. The first-order chi connectivity index (χ1) is 24.3. The summed E-state index contributed by atoms with van der Waals surface area (Å²) in [6.45, 7) is 5.76. The molecule has 0 radical (unpaired) electrons. The number of alkyl halides is 2. The molecule has 3 aliphatic heterocycles. The van der Waals surface area contributed by atoms with Crippen molar-refractivity contribution in [2.45, 2.75) is 67.8 Å². The van der Waals surface area contributed by atoms with Crippen molar-refractivity contribution in [3.8, 4) is 5.75 Å². The number of rotatable bonds is 5. The maximum Gasteiger partial charge on any atom is 0.258 e. The highest BCUT2D eigenvalue weighted by atomic mass is 35.5. The number of imide groups is 2. The summed E-state index contributed by atoms with van der Waals surface area (Å²) in [6.07, 6.45) is 3.38. The number of fused-ring (bicyclic) bond motifs is 4. The molecule has 4 fully saturated rings. The third-order valence-electron chi connectivity index (χ3n) is 11.9. The SMILES string of the molecule is Cc1cc(C2C3=CCC4C(=O)N(C5CCN(Cc6ccccc6)CC5)C(=O)C4C3CC3(Cl)C(=O)N(c4ccc(F)cc4)C(=O)C23Cl)cc(C)c1O. The van der Waals surface area contributed by atoms with Gasteiger partial charge in [-0.15, -0.1) is 23.2 Å². The number of nitrogens with zero attached hydrogens (tertiary/aromatic N) is 3. The van der Waals surface area contributed by atoms with Crippen molar-refractivity contribution in [2.24, 2.45) is 17.8 Å². The molecule has 0 aromatic heterocycles. The van der Waals surface area contributed by atoms with Crippen LogP contribution in [0.1, 0.15) is 53.9 Å². The van der Waals surface area contributed by atoms with Gasteiger partial charge in [-0.05, 0) is 92.0 Å². The number of allylic oxidation sites excluding steroid dienone is 2. The third kappa shape index (κ3) is 5.02. The summed E-state index contributed by atoms with van der Waals surface area (Å²) in [5.74, 6) is -5.45. The van der Waals surface area contributed by atoms with Gasteiger partial charge in [0.2, 0.25) is 11.8 Å². The lowest BCUT2D eigenvalue weighted by atomic mass is 9.56. The lowest BCUT2D eigenvalue weighted by Gasteiger charge is -2.51. The Morgan fingerprint density at radius 2 is 1.51 bits per heavy atom. The van der Waals surface area contributed by atoms with Gasteiger partial charge in [0.25, 0.3) is 11.8 Å². The Balaban J connectivity index is 1.16. The lowest BCUT2D eigenvalue weighted by Crippen LogP contribution is -2.60. The van der Waals surface area contributed by atoms with Crippen molar-refractivity contribution >= 4 is 52.5 Å². The molecule has 1 saturated carbocycles. The molecule has 3 saturated heterocycles. The first-order valence-corrected chi connectivity index (χ1v) is 18.3. The lowest BCUT2D eigenvalue weighted by molar-refractivity contribution is -0.144. The molecular weight excluding hydrogens is 692 g/mol. The van der Waals surface area contributed by atoms with Gasteiger partial charge >= 0.3 is 0 Å². The normalized spacial score (nSPS) is 31.1. The Morgan fingerprint density at radius 1 is 0.863 bits per heavy atom. The van der Waals surface area contributed by atoms with Crippen molar-refractivity contribution in [1.29, 1.82) is 0 Å². The number of likely N-dealkylation sites (tertiary alicyclic amines) is 2. The van der Waals surface area contributed by atoms with Crippen LogP contribution in [0.3, 0.4) is 0 Å². The van der Waals surface area contributed by atoms with Crippen LogP contribution in [0.2, 0.25) is 0 Å². The maximum atomic E-state index is 14.6. The van der Waals surface area contributed by atoms with Gasteiger partial charge < -0.3 is 5.11 Å². The number of aromatic hydroxyl groups is 1. The molecule has 5 aliphatic rings. The van der Waals surface area contributed by atoms with Crippen LogP contribution < -0.4 is 4.90 Å². The summed E-state index contributed by atoms with van der Waals surface area (Å²) in [6, 6.07) is 18.4. The van der Waals surface area contributed by atoms with E-state index in [9.17, 15) is 28.7 Å². The minimum absolute atomic E-state index is 0.0911. The molecule has 0 spiro atoms.